The minimum atomic E-state index is -3.68. The van der Waals surface area contributed by atoms with Crippen molar-refractivity contribution in [3.8, 4) is 11.5 Å². The molecule has 1 aliphatic rings. The number of unbranched alkanes of at least 4 members (excludes halogenated alkanes) is 2. The Labute approximate surface area is 200 Å². The number of hydrogen-bond acceptors (Lipinski definition) is 7. The molecule has 1 amide bonds. The van der Waals surface area contributed by atoms with Crippen LogP contribution in [0.25, 0.3) is 0 Å². The molecular formula is C24H30N2O7S. The summed E-state index contributed by atoms with van der Waals surface area (Å²) < 4.78 is 43.9. The van der Waals surface area contributed by atoms with Crippen molar-refractivity contribution in [2.75, 3.05) is 33.9 Å². The number of nitrogens with one attached hydrogen (secondary N) is 1. The van der Waals surface area contributed by atoms with Gasteiger partial charge in [-0.25, -0.2) is 13.1 Å². The molecule has 0 spiro atoms. The van der Waals surface area contributed by atoms with Gasteiger partial charge in [0.05, 0.1) is 4.90 Å². The summed E-state index contributed by atoms with van der Waals surface area (Å²) in [5.41, 5.74) is 0.614. The van der Waals surface area contributed by atoms with Gasteiger partial charge in [-0.3, -0.25) is 9.59 Å². The van der Waals surface area contributed by atoms with Crippen LogP contribution in [0.5, 0.6) is 11.5 Å². The zero-order valence-corrected chi connectivity index (χ0v) is 20.2. The number of hydrogen-bond donors (Lipinski definition) is 1. The minimum Gasteiger partial charge on any atom is -0.486 e. The van der Waals surface area contributed by atoms with Gasteiger partial charge in [0.15, 0.2) is 11.5 Å². The summed E-state index contributed by atoms with van der Waals surface area (Å²) in [7, 11) is -0.462. The average molecular weight is 491 g/mol. The summed E-state index contributed by atoms with van der Waals surface area (Å²) in [6, 6.07) is 13.4. The SMILES string of the molecule is CN(C)C(=O)C(OC(=O)CCCCCNS(=O)(=O)c1ccc2c(c1)OCCO2)c1ccccc1. The van der Waals surface area contributed by atoms with Crippen molar-refractivity contribution in [1.29, 1.82) is 0 Å². The molecule has 2 aromatic rings. The molecule has 0 aliphatic carbocycles. The van der Waals surface area contributed by atoms with Gasteiger partial charge in [0.25, 0.3) is 5.91 Å². The summed E-state index contributed by atoms with van der Waals surface area (Å²) in [5.74, 6) is 0.155. The number of carbonyl (C=O) groups is 2. The van der Waals surface area contributed by atoms with E-state index >= 15 is 0 Å². The lowest BCUT2D eigenvalue weighted by molar-refractivity contribution is -0.159. The van der Waals surface area contributed by atoms with Gasteiger partial charge in [0.2, 0.25) is 16.1 Å². The molecule has 184 valence electrons. The molecular weight excluding hydrogens is 460 g/mol. The molecule has 0 saturated heterocycles. The Balaban J connectivity index is 1.42. The van der Waals surface area contributed by atoms with Gasteiger partial charge >= 0.3 is 5.97 Å². The Bertz CT molecular complexity index is 1090. The van der Waals surface area contributed by atoms with Gasteiger partial charge in [-0.1, -0.05) is 36.8 Å². The summed E-state index contributed by atoms with van der Waals surface area (Å²) in [4.78, 5) is 26.3. The highest BCUT2D eigenvalue weighted by atomic mass is 32.2. The van der Waals surface area contributed by atoms with Crippen LogP contribution in [0.15, 0.2) is 53.4 Å². The van der Waals surface area contributed by atoms with Crippen molar-refractivity contribution < 1.29 is 32.2 Å². The van der Waals surface area contributed by atoms with Gasteiger partial charge in [0, 0.05) is 38.7 Å². The first-order valence-electron chi connectivity index (χ1n) is 11.1. The lowest BCUT2D eigenvalue weighted by Gasteiger charge is -2.21. The van der Waals surface area contributed by atoms with Crippen LogP contribution in [0.3, 0.4) is 0 Å². The number of esters is 1. The highest BCUT2D eigenvalue weighted by molar-refractivity contribution is 7.89. The second-order valence-corrected chi connectivity index (χ2v) is 9.79. The fourth-order valence-electron chi connectivity index (χ4n) is 3.37. The maximum atomic E-state index is 12.5. The van der Waals surface area contributed by atoms with Crippen LogP contribution in [-0.4, -0.2) is 59.0 Å². The molecule has 1 unspecified atom stereocenters. The predicted octanol–water partition coefficient (Wildman–Crippen LogP) is 2.67. The Kier molecular flexibility index (Phi) is 8.89. The topological polar surface area (TPSA) is 111 Å². The zero-order valence-electron chi connectivity index (χ0n) is 19.4. The second kappa shape index (κ2) is 11.8. The zero-order chi connectivity index (χ0) is 24.6. The molecule has 0 saturated carbocycles. The van der Waals surface area contributed by atoms with Crippen LogP contribution in [-0.2, 0) is 24.3 Å². The van der Waals surface area contributed by atoms with E-state index in [0.717, 1.165) is 0 Å². The monoisotopic (exact) mass is 490 g/mol. The number of nitrogens with zero attached hydrogens (tertiary/aromatic N) is 1. The third-order valence-corrected chi connectivity index (χ3v) is 6.65. The summed E-state index contributed by atoms with van der Waals surface area (Å²) in [6.07, 6.45) is 0.842. The van der Waals surface area contributed by atoms with Gasteiger partial charge in [-0.05, 0) is 25.0 Å². The predicted molar refractivity (Wildman–Crippen MR) is 125 cm³/mol. The van der Waals surface area contributed by atoms with E-state index in [4.69, 9.17) is 14.2 Å². The van der Waals surface area contributed by atoms with E-state index in [-0.39, 0.29) is 23.8 Å². The average Bonchev–Trinajstić information content (AvgIpc) is 2.84. The van der Waals surface area contributed by atoms with E-state index < -0.39 is 22.1 Å². The van der Waals surface area contributed by atoms with Gasteiger partial charge in [-0.2, -0.15) is 0 Å². The van der Waals surface area contributed by atoms with Crippen molar-refractivity contribution in [2.45, 2.75) is 36.7 Å². The van der Waals surface area contributed by atoms with Gasteiger partial charge < -0.3 is 19.1 Å². The van der Waals surface area contributed by atoms with Gasteiger partial charge in [-0.15, -0.1) is 0 Å². The Morgan fingerprint density at radius 2 is 1.71 bits per heavy atom. The molecule has 1 heterocycles. The van der Waals surface area contributed by atoms with E-state index in [2.05, 4.69) is 4.72 Å². The molecule has 3 rings (SSSR count). The standard InChI is InChI=1S/C24H30N2O7S/c1-26(2)24(28)23(18-9-5-3-6-10-18)33-22(27)11-7-4-8-14-25-34(29,30)19-12-13-20-21(17-19)32-16-15-31-20/h3,5-6,9-10,12-13,17,23,25H,4,7-8,11,14-16H2,1-2H3. The van der Waals surface area contributed by atoms with Crippen LogP contribution < -0.4 is 14.2 Å². The van der Waals surface area contributed by atoms with Crippen molar-refractivity contribution in [1.82, 2.24) is 9.62 Å². The van der Waals surface area contributed by atoms with Crippen LogP contribution in [0, 0.1) is 0 Å². The molecule has 0 radical (unpaired) electrons. The third kappa shape index (κ3) is 6.94. The van der Waals surface area contributed by atoms with E-state index in [9.17, 15) is 18.0 Å². The molecule has 1 atom stereocenters. The molecule has 10 heteroatoms. The maximum Gasteiger partial charge on any atom is 0.306 e. The quantitative estimate of drug-likeness (QED) is 0.381. The highest BCUT2D eigenvalue weighted by Gasteiger charge is 2.26. The number of sulfonamides is 1. The van der Waals surface area contributed by atoms with Crippen molar-refractivity contribution in [3.05, 3.63) is 54.1 Å². The molecule has 1 N–H and O–H groups in total. The molecule has 9 nitrogen and oxygen atoms in total. The number of rotatable bonds is 11. The van der Waals surface area contributed by atoms with Crippen LogP contribution in [0.1, 0.15) is 37.4 Å². The second-order valence-electron chi connectivity index (χ2n) is 8.03. The third-order valence-electron chi connectivity index (χ3n) is 5.19. The lowest BCUT2D eigenvalue weighted by Crippen LogP contribution is -2.31. The van der Waals surface area contributed by atoms with E-state index in [1.807, 2.05) is 6.07 Å². The van der Waals surface area contributed by atoms with Gasteiger partial charge in [0.1, 0.15) is 13.2 Å². The Morgan fingerprint density at radius 3 is 2.41 bits per heavy atom. The molecule has 34 heavy (non-hydrogen) atoms. The number of ether oxygens (including phenoxy) is 3. The first kappa shape index (κ1) is 25.5. The first-order valence-corrected chi connectivity index (χ1v) is 12.6. The summed E-state index contributed by atoms with van der Waals surface area (Å²) in [5, 5.41) is 0. The molecule has 0 fully saturated rings. The van der Waals surface area contributed by atoms with Crippen LogP contribution in [0.4, 0.5) is 0 Å². The van der Waals surface area contributed by atoms with E-state index in [1.165, 1.54) is 17.0 Å². The van der Waals surface area contributed by atoms with Crippen molar-refractivity contribution in [2.24, 2.45) is 0 Å². The first-order chi connectivity index (χ1) is 16.3. The molecule has 1 aliphatic heterocycles. The van der Waals surface area contributed by atoms with E-state index in [1.54, 1.807) is 44.4 Å². The number of benzene rings is 2. The minimum absolute atomic E-state index is 0.109. The van der Waals surface area contributed by atoms with E-state index in [0.29, 0.717) is 49.5 Å². The van der Waals surface area contributed by atoms with Crippen molar-refractivity contribution in [3.63, 3.8) is 0 Å². The number of amides is 1. The van der Waals surface area contributed by atoms with Crippen molar-refractivity contribution >= 4 is 21.9 Å². The smallest absolute Gasteiger partial charge is 0.306 e. The maximum absolute atomic E-state index is 12.5. The largest absolute Gasteiger partial charge is 0.486 e. The molecule has 0 bridgehead atoms. The fourth-order valence-corrected chi connectivity index (χ4v) is 4.45. The van der Waals surface area contributed by atoms with Crippen LogP contribution >= 0.6 is 0 Å². The Morgan fingerprint density at radius 1 is 1.00 bits per heavy atom. The molecule has 0 aromatic heterocycles. The normalized spacial score (nSPS) is 13.7. The fraction of sp³-hybridized carbons (Fsp3) is 0.417. The summed E-state index contributed by atoms with van der Waals surface area (Å²) in [6.45, 7) is 1.04. The highest BCUT2D eigenvalue weighted by Crippen LogP contribution is 2.32. The molecule has 2 aromatic carbocycles. The number of carbonyl (C=O) groups excluding carboxylic acids is 2. The number of fused-ring (bicyclic) bond motifs is 1. The lowest BCUT2D eigenvalue weighted by atomic mass is 10.1. The van der Waals surface area contributed by atoms with Crippen LogP contribution in [0.2, 0.25) is 0 Å². The number of likely N-dealkylation sites (N-methyl/N-ethyl adjacent to an activating group) is 1. The summed E-state index contributed by atoms with van der Waals surface area (Å²) >= 11 is 0. The Hall–Kier alpha value is -3.11.